The number of carbonyl (C=O) groups is 1. The van der Waals surface area contributed by atoms with Gasteiger partial charge >= 0.3 is 0 Å². The van der Waals surface area contributed by atoms with Crippen LogP contribution >= 0.6 is 11.6 Å². The number of allylic oxidation sites excluding steroid dienone is 1. The summed E-state index contributed by atoms with van der Waals surface area (Å²) in [4.78, 5) is 12.4. The van der Waals surface area contributed by atoms with E-state index in [9.17, 15) is 9.90 Å². The van der Waals surface area contributed by atoms with Crippen LogP contribution in [-0.2, 0) is 0 Å². The van der Waals surface area contributed by atoms with Crippen LogP contribution in [0.1, 0.15) is 36.2 Å². The average molecular weight is 391 g/mol. The molecule has 0 aliphatic rings. The fourth-order valence-corrected chi connectivity index (χ4v) is 2.66. The Kier molecular flexibility index (Phi) is 7.55. The van der Waals surface area contributed by atoms with Gasteiger partial charge in [-0.25, -0.2) is 0 Å². The standard InChI is InChI=1S/C21H23ClO5/c1-4-10-27-21-16(22)11-14(12-20(21)26-5-2)6-8-17(23)15-7-9-18(24)19(13-15)25-3/h6-9,11-13,24H,4-5,10H2,1-3H3/b8-6+. The van der Waals surface area contributed by atoms with Crippen molar-refractivity contribution in [3.63, 3.8) is 0 Å². The summed E-state index contributed by atoms with van der Waals surface area (Å²) in [7, 11) is 1.43. The molecule has 144 valence electrons. The summed E-state index contributed by atoms with van der Waals surface area (Å²) in [5, 5.41) is 10.1. The SMILES string of the molecule is CCCOc1c(Cl)cc(/C=C/C(=O)c2ccc(O)c(OC)c2)cc1OCC. The molecule has 0 radical (unpaired) electrons. The third-order valence-electron chi connectivity index (χ3n) is 3.67. The molecule has 0 atom stereocenters. The molecule has 6 heteroatoms. The number of halogens is 1. The molecule has 2 aromatic rings. The summed E-state index contributed by atoms with van der Waals surface area (Å²) >= 11 is 6.33. The average Bonchev–Trinajstić information content (AvgIpc) is 2.66. The summed E-state index contributed by atoms with van der Waals surface area (Å²) in [6.07, 6.45) is 3.94. The fourth-order valence-electron chi connectivity index (χ4n) is 2.39. The second kappa shape index (κ2) is 9.88. The Morgan fingerprint density at radius 1 is 1.15 bits per heavy atom. The summed E-state index contributed by atoms with van der Waals surface area (Å²) in [6.45, 7) is 4.89. The van der Waals surface area contributed by atoms with Gasteiger partial charge in [0.15, 0.2) is 28.8 Å². The minimum Gasteiger partial charge on any atom is -0.504 e. The van der Waals surface area contributed by atoms with Crippen molar-refractivity contribution >= 4 is 23.5 Å². The molecule has 0 aliphatic carbocycles. The fraction of sp³-hybridized carbons (Fsp3) is 0.286. The van der Waals surface area contributed by atoms with Crippen molar-refractivity contribution in [3.8, 4) is 23.0 Å². The molecule has 0 amide bonds. The first-order valence-corrected chi connectivity index (χ1v) is 9.06. The van der Waals surface area contributed by atoms with E-state index in [4.69, 9.17) is 25.8 Å². The molecule has 2 aromatic carbocycles. The van der Waals surface area contributed by atoms with Crippen LogP contribution < -0.4 is 14.2 Å². The molecular formula is C21H23ClO5. The topological polar surface area (TPSA) is 65.0 Å². The van der Waals surface area contributed by atoms with Gasteiger partial charge in [0.1, 0.15) is 0 Å². The first-order chi connectivity index (χ1) is 13.0. The summed E-state index contributed by atoms with van der Waals surface area (Å²) in [5.41, 5.74) is 1.12. The molecule has 0 unspecified atom stereocenters. The number of phenolic OH excluding ortho intramolecular Hbond substituents is 1. The number of methoxy groups -OCH3 is 1. The van der Waals surface area contributed by atoms with Gasteiger partial charge in [-0.15, -0.1) is 0 Å². The van der Waals surface area contributed by atoms with Crippen molar-refractivity contribution in [3.05, 3.63) is 52.6 Å². The third-order valence-corrected chi connectivity index (χ3v) is 3.95. The van der Waals surface area contributed by atoms with Crippen molar-refractivity contribution in [2.24, 2.45) is 0 Å². The molecule has 5 nitrogen and oxygen atoms in total. The summed E-state index contributed by atoms with van der Waals surface area (Å²) < 4.78 is 16.3. The van der Waals surface area contributed by atoms with E-state index >= 15 is 0 Å². The molecule has 0 fully saturated rings. The quantitative estimate of drug-likeness (QED) is 0.474. The second-order valence-corrected chi connectivity index (χ2v) is 6.10. The van der Waals surface area contributed by atoms with Gasteiger partial charge in [0.05, 0.1) is 25.3 Å². The number of aromatic hydroxyl groups is 1. The Morgan fingerprint density at radius 2 is 1.93 bits per heavy atom. The summed E-state index contributed by atoms with van der Waals surface area (Å²) in [6, 6.07) is 7.94. The molecule has 0 bridgehead atoms. The van der Waals surface area contributed by atoms with Crippen molar-refractivity contribution in [2.45, 2.75) is 20.3 Å². The Balaban J connectivity index is 2.26. The van der Waals surface area contributed by atoms with E-state index in [0.717, 1.165) is 6.42 Å². The molecule has 0 spiro atoms. The zero-order valence-corrected chi connectivity index (χ0v) is 16.4. The normalized spacial score (nSPS) is 10.8. The lowest BCUT2D eigenvalue weighted by Gasteiger charge is -2.14. The van der Waals surface area contributed by atoms with Crippen LogP contribution in [0.25, 0.3) is 6.08 Å². The van der Waals surface area contributed by atoms with Gasteiger partial charge in [-0.3, -0.25) is 4.79 Å². The predicted octanol–water partition coefficient (Wildman–Crippen LogP) is 5.14. The first kappa shape index (κ1) is 20.6. The zero-order chi connectivity index (χ0) is 19.8. The molecule has 1 N–H and O–H groups in total. The second-order valence-electron chi connectivity index (χ2n) is 5.70. The lowest BCUT2D eigenvalue weighted by atomic mass is 10.1. The van der Waals surface area contributed by atoms with Gasteiger partial charge in [-0.1, -0.05) is 24.6 Å². The van der Waals surface area contributed by atoms with Crippen LogP contribution in [0, 0.1) is 0 Å². The highest BCUT2D eigenvalue weighted by Crippen LogP contribution is 2.37. The van der Waals surface area contributed by atoms with Crippen LogP contribution in [0.3, 0.4) is 0 Å². The molecule has 0 saturated heterocycles. The van der Waals surface area contributed by atoms with Gasteiger partial charge in [-0.05, 0) is 55.3 Å². The van der Waals surface area contributed by atoms with E-state index in [-0.39, 0.29) is 17.3 Å². The van der Waals surface area contributed by atoms with Crippen LogP contribution in [0.2, 0.25) is 5.02 Å². The minimum absolute atomic E-state index is 0.0196. The Bertz CT molecular complexity index is 830. The van der Waals surface area contributed by atoms with Crippen molar-refractivity contribution in [1.29, 1.82) is 0 Å². The van der Waals surface area contributed by atoms with Gasteiger partial charge in [0, 0.05) is 5.56 Å². The Hall–Kier alpha value is -2.66. The Morgan fingerprint density at radius 3 is 2.59 bits per heavy atom. The maximum absolute atomic E-state index is 12.4. The van der Waals surface area contributed by atoms with Crippen LogP contribution in [0.5, 0.6) is 23.0 Å². The van der Waals surface area contributed by atoms with E-state index in [2.05, 4.69) is 0 Å². The van der Waals surface area contributed by atoms with E-state index in [0.29, 0.717) is 40.9 Å². The monoisotopic (exact) mass is 390 g/mol. The molecule has 0 saturated carbocycles. The highest BCUT2D eigenvalue weighted by Gasteiger charge is 2.12. The summed E-state index contributed by atoms with van der Waals surface area (Å²) in [5.74, 6) is 1.04. The lowest BCUT2D eigenvalue weighted by Crippen LogP contribution is -2.01. The number of benzene rings is 2. The largest absolute Gasteiger partial charge is 0.504 e. The number of rotatable bonds is 9. The van der Waals surface area contributed by atoms with Crippen LogP contribution in [0.15, 0.2) is 36.4 Å². The Labute approximate surface area is 164 Å². The zero-order valence-electron chi connectivity index (χ0n) is 15.6. The van der Waals surface area contributed by atoms with E-state index in [1.165, 1.54) is 31.4 Å². The first-order valence-electron chi connectivity index (χ1n) is 8.68. The van der Waals surface area contributed by atoms with Crippen molar-refractivity contribution < 1.29 is 24.1 Å². The molecule has 0 heterocycles. The molecule has 0 aliphatic heterocycles. The van der Waals surface area contributed by atoms with Gasteiger partial charge in [0.2, 0.25) is 0 Å². The highest BCUT2D eigenvalue weighted by molar-refractivity contribution is 6.32. The van der Waals surface area contributed by atoms with Gasteiger partial charge < -0.3 is 19.3 Å². The van der Waals surface area contributed by atoms with Crippen molar-refractivity contribution in [1.82, 2.24) is 0 Å². The molecule has 27 heavy (non-hydrogen) atoms. The minimum atomic E-state index is -0.228. The number of ether oxygens (including phenoxy) is 3. The van der Waals surface area contributed by atoms with Crippen molar-refractivity contribution in [2.75, 3.05) is 20.3 Å². The number of ketones is 1. The predicted molar refractivity (Wildman–Crippen MR) is 106 cm³/mol. The van der Waals surface area contributed by atoms with Crippen LogP contribution in [0.4, 0.5) is 0 Å². The maximum Gasteiger partial charge on any atom is 0.185 e. The maximum atomic E-state index is 12.4. The number of hydrogen-bond acceptors (Lipinski definition) is 5. The van der Waals surface area contributed by atoms with Crippen LogP contribution in [-0.4, -0.2) is 31.2 Å². The number of phenols is 1. The van der Waals surface area contributed by atoms with E-state index in [1.54, 1.807) is 18.2 Å². The smallest absolute Gasteiger partial charge is 0.185 e. The van der Waals surface area contributed by atoms with E-state index < -0.39 is 0 Å². The molecule has 0 aromatic heterocycles. The lowest BCUT2D eigenvalue weighted by molar-refractivity contribution is 0.104. The number of hydrogen-bond donors (Lipinski definition) is 1. The molecular weight excluding hydrogens is 368 g/mol. The van der Waals surface area contributed by atoms with Gasteiger partial charge in [-0.2, -0.15) is 0 Å². The third kappa shape index (κ3) is 5.41. The molecule has 2 rings (SSSR count). The number of carbonyl (C=O) groups excluding carboxylic acids is 1. The highest BCUT2D eigenvalue weighted by atomic mass is 35.5. The van der Waals surface area contributed by atoms with E-state index in [1.807, 2.05) is 13.8 Å². The van der Waals surface area contributed by atoms with Gasteiger partial charge in [0.25, 0.3) is 0 Å².